The smallest absolute Gasteiger partial charge is 0.120 e. The van der Waals surface area contributed by atoms with Crippen molar-refractivity contribution in [1.29, 1.82) is 5.26 Å². The zero-order valence-corrected chi connectivity index (χ0v) is 12.7. The highest BCUT2D eigenvalue weighted by Crippen LogP contribution is 2.19. The van der Waals surface area contributed by atoms with Crippen molar-refractivity contribution < 1.29 is 0 Å². The predicted octanol–water partition coefficient (Wildman–Crippen LogP) is 3.28. The first-order chi connectivity index (χ1) is 9.02. The fourth-order valence-electron chi connectivity index (χ4n) is 1.96. The first-order valence-corrected chi connectivity index (χ1v) is 6.74. The van der Waals surface area contributed by atoms with Gasteiger partial charge in [-0.2, -0.15) is 5.26 Å². The maximum Gasteiger partial charge on any atom is 0.120 e. The average Bonchev–Trinajstić information content (AvgIpc) is 2.65. The summed E-state index contributed by atoms with van der Waals surface area (Å²) in [5.74, 6) is 0. The van der Waals surface area contributed by atoms with Crippen molar-refractivity contribution in [2.75, 3.05) is 5.32 Å². The van der Waals surface area contributed by atoms with Gasteiger partial charge in [-0.3, -0.25) is 0 Å². The summed E-state index contributed by atoms with van der Waals surface area (Å²) in [6, 6.07) is 8.02. The molecule has 0 unspecified atom stereocenters. The summed E-state index contributed by atoms with van der Waals surface area (Å²) in [6.07, 6.45) is 0. The van der Waals surface area contributed by atoms with Gasteiger partial charge in [0.2, 0.25) is 0 Å². The van der Waals surface area contributed by atoms with Crippen LogP contribution in [0.25, 0.3) is 0 Å². The third-order valence-corrected chi connectivity index (χ3v) is 3.72. The maximum absolute atomic E-state index is 9.01. The van der Waals surface area contributed by atoms with E-state index in [1.807, 2.05) is 43.7 Å². The Balaban J connectivity index is 2.17. The normalized spacial score (nSPS) is 10.3. The van der Waals surface area contributed by atoms with Crippen molar-refractivity contribution in [2.45, 2.75) is 20.4 Å². The fraction of sp³-hybridized carbons (Fsp3) is 0.286. The van der Waals surface area contributed by atoms with E-state index in [1.165, 1.54) is 0 Å². The molecule has 0 aliphatic carbocycles. The van der Waals surface area contributed by atoms with E-state index in [0.29, 0.717) is 12.2 Å². The third-order valence-electron chi connectivity index (χ3n) is 3.28. The van der Waals surface area contributed by atoms with Crippen molar-refractivity contribution >= 4 is 21.6 Å². The van der Waals surface area contributed by atoms with Gasteiger partial charge in [0.15, 0.2) is 0 Å². The Morgan fingerprint density at radius 1 is 1.42 bits per heavy atom. The molecule has 2 rings (SSSR count). The number of nitrogens with zero attached hydrogens (tertiary/aromatic N) is 3. The van der Waals surface area contributed by atoms with E-state index in [-0.39, 0.29) is 0 Å². The van der Waals surface area contributed by atoms with Crippen LogP contribution in [0.5, 0.6) is 0 Å². The predicted molar refractivity (Wildman–Crippen MR) is 78.9 cm³/mol. The quantitative estimate of drug-likeness (QED) is 0.883. The standard InChI is InChI=1S/C14H15BrN4/c1-9-13(4-5-14(15)18-9)17-8-11-6-12(7-16)19(3)10(11)2/h4-6,17H,8H2,1-3H3. The Morgan fingerprint density at radius 3 is 2.74 bits per heavy atom. The van der Waals surface area contributed by atoms with Gasteiger partial charge in [0, 0.05) is 19.3 Å². The minimum absolute atomic E-state index is 0.681. The molecule has 0 amide bonds. The number of rotatable bonds is 3. The highest BCUT2D eigenvalue weighted by atomic mass is 79.9. The molecule has 0 bridgehead atoms. The number of hydrogen-bond acceptors (Lipinski definition) is 3. The van der Waals surface area contributed by atoms with Crippen LogP contribution in [0.15, 0.2) is 22.8 Å². The lowest BCUT2D eigenvalue weighted by Crippen LogP contribution is -2.03. The number of halogens is 1. The van der Waals surface area contributed by atoms with Gasteiger partial charge in [-0.1, -0.05) is 0 Å². The highest BCUT2D eigenvalue weighted by Gasteiger charge is 2.09. The molecular weight excluding hydrogens is 304 g/mol. The van der Waals surface area contributed by atoms with Gasteiger partial charge in [-0.05, 0) is 53.5 Å². The second-order valence-corrected chi connectivity index (χ2v) is 5.24. The molecule has 0 radical (unpaired) electrons. The van der Waals surface area contributed by atoms with E-state index in [9.17, 15) is 0 Å². The molecule has 98 valence electrons. The van der Waals surface area contributed by atoms with Crippen LogP contribution in [0.4, 0.5) is 5.69 Å². The van der Waals surface area contributed by atoms with Crippen LogP contribution in [-0.2, 0) is 13.6 Å². The second-order valence-electron chi connectivity index (χ2n) is 4.43. The van der Waals surface area contributed by atoms with E-state index in [0.717, 1.165) is 27.2 Å². The SMILES string of the molecule is Cc1nc(Br)ccc1NCc1cc(C#N)n(C)c1C. The minimum atomic E-state index is 0.681. The van der Waals surface area contributed by atoms with Crippen molar-refractivity contribution in [3.8, 4) is 6.07 Å². The molecule has 4 nitrogen and oxygen atoms in total. The Labute approximate surface area is 121 Å². The van der Waals surface area contributed by atoms with Crippen molar-refractivity contribution in [1.82, 2.24) is 9.55 Å². The summed E-state index contributed by atoms with van der Waals surface area (Å²) in [7, 11) is 1.91. The molecule has 1 N–H and O–H groups in total. The Morgan fingerprint density at radius 2 is 2.16 bits per heavy atom. The van der Waals surface area contributed by atoms with E-state index in [2.05, 4.69) is 32.3 Å². The molecule has 0 saturated heterocycles. The molecule has 0 spiro atoms. The molecule has 2 aromatic heterocycles. The maximum atomic E-state index is 9.01. The van der Waals surface area contributed by atoms with Crippen LogP contribution in [0.1, 0.15) is 22.6 Å². The first kappa shape index (κ1) is 13.6. The average molecular weight is 319 g/mol. The monoisotopic (exact) mass is 318 g/mol. The lowest BCUT2D eigenvalue weighted by molar-refractivity contribution is 0.856. The molecule has 0 fully saturated rings. The van der Waals surface area contributed by atoms with Gasteiger partial charge in [-0.25, -0.2) is 4.98 Å². The third kappa shape index (κ3) is 2.79. The number of nitrogens with one attached hydrogen (secondary N) is 1. The molecule has 0 aliphatic heterocycles. The molecule has 5 heteroatoms. The summed E-state index contributed by atoms with van der Waals surface area (Å²) in [5, 5.41) is 12.4. The van der Waals surface area contributed by atoms with Gasteiger partial charge in [-0.15, -0.1) is 0 Å². The molecule has 0 aromatic carbocycles. The number of anilines is 1. The topological polar surface area (TPSA) is 53.6 Å². The second kappa shape index (κ2) is 5.45. The summed E-state index contributed by atoms with van der Waals surface area (Å²) in [5.41, 5.74) is 4.86. The minimum Gasteiger partial charge on any atom is -0.379 e. The summed E-state index contributed by atoms with van der Waals surface area (Å²) in [6.45, 7) is 4.67. The van der Waals surface area contributed by atoms with Crippen LogP contribution >= 0.6 is 15.9 Å². The number of aromatic nitrogens is 2. The number of nitriles is 1. The Hall–Kier alpha value is -1.80. The van der Waals surface area contributed by atoms with E-state index in [1.54, 1.807) is 0 Å². The van der Waals surface area contributed by atoms with E-state index in [4.69, 9.17) is 5.26 Å². The van der Waals surface area contributed by atoms with Gasteiger partial charge in [0.25, 0.3) is 0 Å². The van der Waals surface area contributed by atoms with Crippen LogP contribution in [0, 0.1) is 25.2 Å². The number of hydrogen-bond donors (Lipinski definition) is 1. The Bertz CT molecular complexity index is 652. The van der Waals surface area contributed by atoms with Gasteiger partial charge in [0.1, 0.15) is 16.4 Å². The zero-order chi connectivity index (χ0) is 14.0. The van der Waals surface area contributed by atoms with Crippen LogP contribution in [0.3, 0.4) is 0 Å². The van der Waals surface area contributed by atoms with Crippen LogP contribution in [0.2, 0.25) is 0 Å². The van der Waals surface area contributed by atoms with Crippen molar-refractivity contribution in [3.05, 3.63) is 45.4 Å². The Kier molecular flexibility index (Phi) is 3.91. The van der Waals surface area contributed by atoms with Crippen LogP contribution < -0.4 is 5.32 Å². The van der Waals surface area contributed by atoms with Crippen molar-refractivity contribution in [3.63, 3.8) is 0 Å². The van der Waals surface area contributed by atoms with Gasteiger partial charge < -0.3 is 9.88 Å². The van der Waals surface area contributed by atoms with Crippen molar-refractivity contribution in [2.24, 2.45) is 7.05 Å². The van der Waals surface area contributed by atoms with Gasteiger partial charge in [0.05, 0.1) is 11.4 Å². The summed E-state index contributed by atoms with van der Waals surface area (Å²) < 4.78 is 2.74. The molecular formula is C14H15BrN4. The summed E-state index contributed by atoms with van der Waals surface area (Å²) >= 11 is 3.35. The van der Waals surface area contributed by atoms with Crippen LogP contribution in [-0.4, -0.2) is 9.55 Å². The first-order valence-electron chi connectivity index (χ1n) is 5.95. The van der Waals surface area contributed by atoms with E-state index < -0.39 is 0 Å². The molecule has 2 heterocycles. The molecule has 2 aromatic rings. The lowest BCUT2D eigenvalue weighted by Gasteiger charge is -2.09. The summed E-state index contributed by atoms with van der Waals surface area (Å²) in [4.78, 5) is 4.34. The fourth-order valence-corrected chi connectivity index (χ4v) is 2.35. The van der Waals surface area contributed by atoms with Gasteiger partial charge >= 0.3 is 0 Å². The molecule has 0 atom stereocenters. The van der Waals surface area contributed by atoms with E-state index >= 15 is 0 Å². The zero-order valence-electron chi connectivity index (χ0n) is 11.2. The molecule has 0 aliphatic rings. The largest absolute Gasteiger partial charge is 0.379 e. The molecule has 19 heavy (non-hydrogen) atoms. The molecule has 0 saturated carbocycles. The highest BCUT2D eigenvalue weighted by molar-refractivity contribution is 9.10. The number of pyridine rings is 1. The lowest BCUT2D eigenvalue weighted by atomic mass is 10.2. The number of aryl methyl sites for hydroxylation is 1.